The van der Waals surface area contributed by atoms with Crippen LogP contribution in [-0.2, 0) is 23.6 Å². The Morgan fingerprint density at radius 1 is 1.12 bits per heavy atom. The molecule has 0 spiro atoms. The van der Waals surface area contributed by atoms with Crippen molar-refractivity contribution >= 4 is 33.2 Å². The molecule has 0 saturated carbocycles. The van der Waals surface area contributed by atoms with Crippen LogP contribution in [0.1, 0.15) is 5.56 Å². The van der Waals surface area contributed by atoms with Gasteiger partial charge in [0.15, 0.2) is 0 Å². The summed E-state index contributed by atoms with van der Waals surface area (Å²) in [6, 6.07) is 5.43. The number of piperazine rings is 1. The number of halogens is 2. The molecule has 0 aliphatic carbocycles. The fraction of sp³-hybridized carbons (Fsp3) is 0.400. The highest BCUT2D eigenvalue weighted by Crippen LogP contribution is 2.26. The zero-order valence-electron chi connectivity index (χ0n) is 13.2. The van der Waals surface area contributed by atoms with Crippen molar-refractivity contribution in [2.24, 2.45) is 7.05 Å². The average molecular weight is 389 g/mol. The smallest absolute Gasteiger partial charge is 0.246 e. The fourth-order valence-corrected chi connectivity index (χ4v) is 4.64. The van der Waals surface area contributed by atoms with Crippen molar-refractivity contribution < 1.29 is 8.42 Å². The van der Waals surface area contributed by atoms with Crippen LogP contribution in [0.15, 0.2) is 35.5 Å². The topological polar surface area (TPSA) is 58.4 Å². The van der Waals surface area contributed by atoms with Crippen LogP contribution >= 0.6 is 23.2 Å². The Hall–Kier alpha value is -1.12. The van der Waals surface area contributed by atoms with Crippen LogP contribution in [-0.4, -0.2) is 53.6 Å². The number of hydrogen-bond donors (Lipinski definition) is 0. The minimum Gasteiger partial charge on any atom is -0.296 e. The summed E-state index contributed by atoms with van der Waals surface area (Å²) < 4.78 is 28.2. The molecule has 0 amide bonds. The molecule has 1 saturated heterocycles. The van der Waals surface area contributed by atoms with Gasteiger partial charge in [-0.3, -0.25) is 9.58 Å². The summed E-state index contributed by atoms with van der Waals surface area (Å²) in [5.41, 5.74) is 0.879. The van der Waals surface area contributed by atoms with Crippen LogP contribution < -0.4 is 0 Å². The molecule has 24 heavy (non-hydrogen) atoms. The van der Waals surface area contributed by atoms with Crippen LogP contribution in [0.4, 0.5) is 0 Å². The zero-order valence-corrected chi connectivity index (χ0v) is 15.5. The van der Waals surface area contributed by atoms with E-state index in [9.17, 15) is 8.42 Å². The van der Waals surface area contributed by atoms with Gasteiger partial charge in [0.25, 0.3) is 0 Å². The first-order valence-electron chi connectivity index (χ1n) is 7.52. The average Bonchev–Trinajstić information content (AvgIpc) is 2.99. The van der Waals surface area contributed by atoms with E-state index >= 15 is 0 Å². The largest absolute Gasteiger partial charge is 0.296 e. The highest BCUT2D eigenvalue weighted by Gasteiger charge is 2.29. The molecule has 1 aliphatic heterocycles. The van der Waals surface area contributed by atoms with Crippen molar-refractivity contribution in [3.63, 3.8) is 0 Å². The molecule has 2 heterocycles. The van der Waals surface area contributed by atoms with Gasteiger partial charge >= 0.3 is 0 Å². The molecule has 1 aromatic carbocycles. The van der Waals surface area contributed by atoms with E-state index in [0.29, 0.717) is 42.8 Å². The van der Waals surface area contributed by atoms with E-state index in [0.717, 1.165) is 5.56 Å². The summed E-state index contributed by atoms with van der Waals surface area (Å²) in [5.74, 6) is 0. The minimum atomic E-state index is -3.48. The van der Waals surface area contributed by atoms with Crippen molar-refractivity contribution in [3.8, 4) is 0 Å². The van der Waals surface area contributed by atoms with Crippen LogP contribution in [0.25, 0.3) is 0 Å². The van der Waals surface area contributed by atoms with Crippen LogP contribution in [0.3, 0.4) is 0 Å². The lowest BCUT2D eigenvalue weighted by Gasteiger charge is -2.34. The zero-order chi connectivity index (χ0) is 17.3. The molecule has 1 aliphatic rings. The number of nitrogens with zero attached hydrogens (tertiary/aromatic N) is 4. The van der Waals surface area contributed by atoms with E-state index in [2.05, 4.69) is 10.00 Å². The van der Waals surface area contributed by atoms with Gasteiger partial charge in [0.2, 0.25) is 10.0 Å². The molecule has 9 heteroatoms. The number of aromatic nitrogens is 2. The number of hydrogen-bond acceptors (Lipinski definition) is 4. The Kier molecular flexibility index (Phi) is 5.17. The lowest BCUT2D eigenvalue weighted by Crippen LogP contribution is -2.48. The molecule has 0 N–H and O–H groups in total. The second-order valence-corrected chi connectivity index (χ2v) is 8.48. The molecular weight excluding hydrogens is 371 g/mol. The van der Waals surface area contributed by atoms with E-state index in [1.165, 1.54) is 21.4 Å². The Morgan fingerprint density at radius 3 is 2.29 bits per heavy atom. The molecular formula is C15H18Cl2N4O2S. The highest BCUT2D eigenvalue weighted by atomic mass is 35.5. The monoisotopic (exact) mass is 388 g/mol. The predicted molar refractivity (Wildman–Crippen MR) is 93.7 cm³/mol. The van der Waals surface area contributed by atoms with Crippen LogP contribution in [0.2, 0.25) is 10.0 Å². The third kappa shape index (κ3) is 3.60. The molecule has 1 aromatic heterocycles. The lowest BCUT2D eigenvalue weighted by molar-refractivity contribution is 0.181. The summed E-state index contributed by atoms with van der Waals surface area (Å²) in [7, 11) is -1.78. The van der Waals surface area contributed by atoms with E-state index in [1.54, 1.807) is 7.05 Å². The first kappa shape index (κ1) is 17.7. The first-order chi connectivity index (χ1) is 11.4. The van der Waals surface area contributed by atoms with Gasteiger partial charge in [-0.05, 0) is 12.1 Å². The number of benzene rings is 1. The summed E-state index contributed by atoms with van der Waals surface area (Å²) in [5, 5.41) is 5.20. The summed E-state index contributed by atoms with van der Waals surface area (Å²) in [4.78, 5) is 2.38. The lowest BCUT2D eigenvalue weighted by atomic mass is 10.2. The van der Waals surface area contributed by atoms with E-state index < -0.39 is 10.0 Å². The molecule has 0 atom stereocenters. The predicted octanol–water partition coefficient (Wildman–Crippen LogP) is 2.23. The van der Waals surface area contributed by atoms with E-state index in [-0.39, 0.29) is 4.90 Å². The van der Waals surface area contributed by atoms with Gasteiger partial charge in [-0.15, -0.1) is 0 Å². The molecule has 0 unspecified atom stereocenters. The summed E-state index contributed by atoms with van der Waals surface area (Å²) in [6.45, 7) is 2.72. The van der Waals surface area contributed by atoms with Crippen molar-refractivity contribution in [1.29, 1.82) is 0 Å². The Morgan fingerprint density at radius 2 is 1.75 bits per heavy atom. The Balaban J connectivity index is 1.66. The Bertz CT molecular complexity index is 809. The molecule has 2 aromatic rings. The minimum absolute atomic E-state index is 0.229. The van der Waals surface area contributed by atoms with Crippen molar-refractivity contribution in [2.75, 3.05) is 26.2 Å². The number of sulfonamides is 1. The van der Waals surface area contributed by atoms with E-state index in [1.807, 2.05) is 18.2 Å². The normalized spacial score (nSPS) is 17.3. The Labute approximate surface area is 151 Å². The molecule has 0 radical (unpaired) electrons. The first-order valence-corrected chi connectivity index (χ1v) is 9.71. The number of aryl methyl sites for hydroxylation is 1. The third-order valence-corrected chi connectivity index (χ3v) is 6.65. The molecule has 3 rings (SSSR count). The van der Waals surface area contributed by atoms with Crippen molar-refractivity contribution in [2.45, 2.75) is 11.4 Å². The second kappa shape index (κ2) is 7.01. The summed E-state index contributed by atoms with van der Waals surface area (Å²) in [6.07, 6.45) is 2.90. The highest BCUT2D eigenvalue weighted by molar-refractivity contribution is 7.89. The van der Waals surface area contributed by atoms with Crippen molar-refractivity contribution in [3.05, 3.63) is 46.2 Å². The van der Waals surface area contributed by atoms with Gasteiger partial charge in [-0.25, -0.2) is 8.42 Å². The van der Waals surface area contributed by atoms with Crippen LogP contribution in [0.5, 0.6) is 0 Å². The maximum Gasteiger partial charge on any atom is 0.246 e. The molecule has 0 bridgehead atoms. The van der Waals surface area contributed by atoms with E-state index in [4.69, 9.17) is 23.2 Å². The number of rotatable bonds is 4. The van der Waals surface area contributed by atoms with Gasteiger partial charge in [-0.1, -0.05) is 29.3 Å². The molecule has 1 fully saturated rings. The second-order valence-electron chi connectivity index (χ2n) is 5.73. The summed E-state index contributed by atoms with van der Waals surface area (Å²) >= 11 is 12.4. The quantitative estimate of drug-likeness (QED) is 0.805. The van der Waals surface area contributed by atoms with Crippen molar-refractivity contribution in [1.82, 2.24) is 19.0 Å². The van der Waals surface area contributed by atoms with Gasteiger partial charge < -0.3 is 0 Å². The SMILES string of the molecule is Cn1cc(S(=O)(=O)N2CCN(Cc3c(Cl)cccc3Cl)CC2)cn1. The molecule has 6 nitrogen and oxygen atoms in total. The van der Waals surface area contributed by atoms with Gasteiger partial charge in [-0.2, -0.15) is 9.40 Å². The van der Waals surface area contributed by atoms with Gasteiger partial charge in [0.05, 0.1) is 6.20 Å². The third-order valence-electron chi connectivity index (χ3n) is 4.09. The maximum absolute atomic E-state index is 12.6. The molecule has 130 valence electrons. The standard InChI is InChI=1S/C15H18Cl2N4O2S/c1-19-10-12(9-18-19)24(22,23)21-7-5-20(6-8-21)11-13-14(16)3-2-4-15(13)17/h2-4,9-10H,5-8,11H2,1H3. The maximum atomic E-state index is 12.6. The van der Waals surface area contributed by atoms with Gasteiger partial charge in [0, 0.05) is 61.6 Å². The van der Waals surface area contributed by atoms with Crippen LogP contribution in [0, 0.1) is 0 Å². The van der Waals surface area contributed by atoms with Gasteiger partial charge in [0.1, 0.15) is 4.90 Å². The fourth-order valence-electron chi connectivity index (χ4n) is 2.72.